The molecule has 0 aliphatic carbocycles. The first-order chi connectivity index (χ1) is 10.3. The number of likely N-dealkylation sites (N-methyl/N-ethyl adjacent to an activating group) is 1. The first-order valence-corrected chi connectivity index (χ1v) is 6.82. The molecular weight excluding hydrogens is 264 g/mol. The number of nitrogens with zero attached hydrogens (tertiary/aromatic N) is 3. The van der Waals surface area contributed by atoms with E-state index in [1.807, 2.05) is 31.3 Å². The number of aromatic amines is 1. The molecule has 0 atom stereocenters. The summed E-state index contributed by atoms with van der Waals surface area (Å²) >= 11 is 0. The largest absolute Gasteiger partial charge is 0.345 e. The van der Waals surface area contributed by atoms with Gasteiger partial charge in [-0.1, -0.05) is 0 Å². The predicted octanol–water partition coefficient (Wildman–Crippen LogP) is 2.27. The van der Waals surface area contributed by atoms with Crippen molar-refractivity contribution in [2.45, 2.75) is 6.42 Å². The third-order valence-electron chi connectivity index (χ3n) is 3.51. The van der Waals surface area contributed by atoms with Gasteiger partial charge in [0.05, 0.1) is 5.56 Å². The Morgan fingerprint density at radius 3 is 2.86 bits per heavy atom. The van der Waals surface area contributed by atoms with Crippen LogP contribution < -0.4 is 0 Å². The Hall–Kier alpha value is -2.69. The molecule has 0 spiro atoms. The highest BCUT2D eigenvalue weighted by Gasteiger charge is 2.16. The van der Waals surface area contributed by atoms with Gasteiger partial charge in [-0.25, -0.2) is 4.98 Å². The van der Waals surface area contributed by atoms with Crippen LogP contribution in [0.2, 0.25) is 0 Å². The lowest BCUT2D eigenvalue weighted by molar-refractivity contribution is 0.0798. The third-order valence-corrected chi connectivity index (χ3v) is 3.51. The number of carbonyl (C=O) groups is 1. The molecule has 106 valence electrons. The monoisotopic (exact) mass is 280 g/mol. The Labute approximate surface area is 122 Å². The minimum Gasteiger partial charge on any atom is -0.345 e. The highest BCUT2D eigenvalue weighted by atomic mass is 16.2. The number of pyridine rings is 2. The molecule has 21 heavy (non-hydrogen) atoms. The summed E-state index contributed by atoms with van der Waals surface area (Å²) in [4.78, 5) is 25.5. The van der Waals surface area contributed by atoms with Crippen LogP contribution in [0.15, 0.2) is 49.1 Å². The maximum absolute atomic E-state index is 12.5. The molecule has 3 heterocycles. The van der Waals surface area contributed by atoms with Gasteiger partial charge in [0, 0.05) is 43.8 Å². The van der Waals surface area contributed by atoms with Gasteiger partial charge < -0.3 is 9.88 Å². The smallest absolute Gasteiger partial charge is 0.255 e. The van der Waals surface area contributed by atoms with E-state index in [2.05, 4.69) is 15.0 Å². The van der Waals surface area contributed by atoms with E-state index in [0.29, 0.717) is 12.1 Å². The molecule has 0 unspecified atom stereocenters. The average molecular weight is 280 g/mol. The van der Waals surface area contributed by atoms with Crippen LogP contribution in [0.1, 0.15) is 15.9 Å². The van der Waals surface area contributed by atoms with Crippen LogP contribution in [0.5, 0.6) is 0 Å². The lowest BCUT2D eigenvalue weighted by Gasteiger charge is -2.16. The average Bonchev–Trinajstić information content (AvgIpc) is 2.97. The Morgan fingerprint density at radius 2 is 2.05 bits per heavy atom. The van der Waals surface area contributed by atoms with Crippen LogP contribution in [0.25, 0.3) is 11.0 Å². The number of fused-ring (bicyclic) bond motifs is 1. The summed E-state index contributed by atoms with van der Waals surface area (Å²) in [6.45, 7) is 0.662. The normalized spacial score (nSPS) is 10.7. The Bertz CT molecular complexity index is 751. The van der Waals surface area contributed by atoms with Gasteiger partial charge in [0.2, 0.25) is 0 Å². The first-order valence-electron chi connectivity index (χ1n) is 6.82. The molecule has 0 saturated carbocycles. The lowest BCUT2D eigenvalue weighted by atomic mass is 10.1. The molecule has 3 aromatic rings. The van der Waals surface area contributed by atoms with E-state index >= 15 is 0 Å². The van der Waals surface area contributed by atoms with Gasteiger partial charge in [0.15, 0.2) is 0 Å². The Balaban J connectivity index is 1.72. The number of H-pyrrole nitrogens is 1. The third kappa shape index (κ3) is 2.76. The van der Waals surface area contributed by atoms with E-state index in [9.17, 15) is 4.79 Å². The van der Waals surface area contributed by atoms with E-state index in [0.717, 1.165) is 17.5 Å². The first kappa shape index (κ1) is 13.3. The van der Waals surface area contributed by atoms with Crippen LogP contribution in [-0.2, 0) is 6.42 Å². The molecule has 3 aromatic heterocycles. The zero-order chi connectivity index (χ0) is 14.7. The van der Waals surface area contributed by atoms with Crippen molar-refractivity contribution in [1.29, 1.82) is 0 Å². The number of nitrogens with one attached hydrogen (secondary N) is 1. The summed E-state index contributed by atoms with van der Waals surface area (Å²) in [5, 5.41) is 0.860. The fourth-order valence-electron chi connectivity index (χ4n) is 2.29. The summed E-state index contributed by atoms with van der Waals surface area (Å²) in [5.74, 6) is 0.00306. The van der Waals surface area contributed by atoms with Crippen molar-refractivity contribution in [2.75, 3.05) is 13.6 Å². The van der Waals surface area contributed by atoms with Crippen molar-refractivity contribution in [2.24, 2.45) is 0 Å². The zero-order valence-corrected chi connectivity index (χ0v) is 11.8. The highest BCUT2D eigenvalue weighted by molar-refractivity contribution is 6.05. The fourth-order valence-corrected chi connectivity index (χ4v) is 2.29. The molecule has 0 fully saturated rings. The fraction of sp³-hybridized carbons (Fsp3) is 0.188. The van der Waals surface area contributed by atoms with Crippen molar-refractivity contribution in [1.82, 2.24) is 19.9 Å². The van der Waals surface area contributed by atoms with Crippen molar-refractivity contribution in [3.63, 3.8) is 0 Å². The molecule has 0 radical (unpaired) electrons. The molecule has 5 heteroatoms. The van der Waals surface area contributed by atoms with E-state index in [1.54, 1.807) is 29.7 Å². The maximum Gasteiger partial charge on any atom is 0.255 e. The minimum atomic E-state index is 0.00306. The number of aromatic nitrogens is 3. The summed E-state index contributed by atoms with van der Waals surface area (Å²) in [5.41, 5.74) is 2.57. The molecule has 0 saturated heterocycles. The van der Waals surface area contributed by atoms with Crippen molar-refractivity contribution in [3.05, 3.63) is 60.2 Å². The van der Waals surface area contributed by atoms with E-state index in [-0.39, 0.29) is 5.91 Å². The van der Waals surface area contributed by atoms with Gasteiger partial charge in [0.1, 0.15) is 5.65 Å². The van der Waals surface area contributed by atoms with Gasteiger partial charge in [-0.3, -0.25) is 9.78 Å². The zero-order valence-electron chi connectivity index (χ0n) is 11.8. The van der Waals surface area contributed by atoms with E-state index in [1.165, 1.54) is 5.56 Å². The topological polar surface area (TPSA) is 61.9 Å². The number of hydrogen-bond acceptors (Lipinski definition) is 3. The number of carbonyl (C=O) groups excluding carboxylic acids is 1. The van der Waals surface area contributed by atoms with Crippen LogP contribution in [0.3, 0.4) is 0 Å². The lowest BCUT2D eigenvalue weighted by Crippen LogP contribution is -2.28. The van der Waals surface area contributed by atoms with Crippen molar-refractivity contribution in [3.8, 4) is 0 Å². The SMILES string of the molecule is CN(CCc1ccncc1)C(=O)c1c[nH]c2ncccc12. The standard InChI is InChI=1S/C16H16N4O/c1-20(10-6-12-4-8-17-9-5-12)16(21)14-11-19-15-13(14)3-2-7-18-15/h2-5,7-9,11H,6,10H2,1H3,(H,18,19). The van der Waals surface area contributed by atoms with E-state index < -0.39 is 0 Å². The number of amides is 1. The second kappa shape index (κ2) is 5.75. The quantitative estimate of drug-likeness (QED) is 0.797. The summed E-state index contributed by atoms with van der Waals surface area (Å²) < 4.78 is 0. The molecule has 5 nitrogen and oxygen atoms in total. The highest BCUT2D eigenvalue weighted by Crippen LogP contribution is 2.17. The second-order valence-corrected chi connectivity index (χ2v) is 4.93. The molecule has 0 aliphatic heterocycles. The maximum atomic E-state index is 12.5. The molecular formula is C16H16N4O. The number of hydrogen-bond donors (Lipinski definition) is 1. The van der Waals surface area contributed by atoms with Crippen LogP contribution >= 0.6 is 0 Å². The van der Waals surface area contributed by atoms with Crippen LogP contribution in [0.4, 0.5) is 0 Å². The van der Waals surface area contributed by atoms with Crippen molar-refractivity contribution >= 4 is 16.9 Å². The van der Waals surface area contributed by atoms with E-state index in [4.69, 9.17) is 0 Å². The second-order valence-electron chi connectivity index (χ2n) is 4.93. The molecule has 1 N–H and O–H groups in total. The number of rotatable bonds is 4. The summed E-state index contributed by atoms with van der Waals surface area (Å²) in [6.07, 6.45) is 7.78. The molecule has 0 aliphatic rings. The Kier molecular flexibility index (Phi) is 3.64. The molecule has 3 rings (SSSR count). The molecule has 0 bridgehead atoms. The Morgan fingerprint density at radius 1 is 1.24 bits per heavy atom. The van der Waals surface area contributed by atoms with Gasteiger partial charge in [-0.05, 0) is 36.2 Å². The molecule has 0 aromatic carbocycles. The van der Waals surface area contributed by atoms with Crippen LogP contribution in [0, 0.1) is 0 Å². The van der Waals surface area contributed by atoms with Gasteiger partial charge in [0.25, 0.3) is 5.91 Å². The minimum absolute atomic E-state index is 0.00306. The van der Waals surface area contributed by atoms with Gasteiger partial charge in [-0.15, -0.1) is 0 Å². The summed E-state index contributed by atoms with van der Waals surface area (Å²) in [6, 6.07) is 7.68. The molecule has 1 amide bonds. The summed E-state index contributed by atoms with van der Waals surface area (Å²) in [7, 11) is 1.82. The van der Waals surface area contributed by atoms with Crippen LogP contribution in [-0.4, -0.2) is 39.4 Å². The van der Waals surface area contributed by atoms with Crippen molar-refractivity contribution < 1.29 is 4.79 Å². The van der Waals surface area contributed by atoms with Gasteiger partial charge in [-0.2, -0.15) is 0 Å². The van der Waals surface area contributed by atoms with Gasteiger partial charge >= 0.3 is 0 Å². The predicted molar refractivity (Wildman–Crippen MR) is 81.0 cm³/mol.